The second-order valence-electron chi connectivity index (χ2n) is 5.88. The van der Waals surface area contributed by atoms with Crippen LogP contribution in [-0.4, -0.2) is 11.1 Å². The fraction of sp³-hybridized carbons (Fsp3) is 0.0556. The summed E-state index contributed by atoms with van der Waals surface area (Å²) >= 11 is 0. The highest BCUT2D eigenvalue weighted by atomic mass is 19.4. The molecule has 0 aliphatic heterocycles. The van der Waals surface area contributed by atoms with Gasteiger partial charge in [0.05, 0.1) is 11.1 Å². The van der Waals surface area contributed by atoms with E-state index in [0.717, 1.165) is 6.21 Å². The molecule has 0 atom stereocenters. The average Bonchev–Trinajstić information content (AvgIpc) is 3.17. The molecule has 0 bridgehead atoms. The topological polar surface area (TPSA) is 80.7 Å². The quantitative estimate of drug-likeness (QED) is 0.174. The number of nitro groups is 1. The molecular weight excluding hydrogens is 439 g/mol. The Kier molecular flexibility index (Phi) is 5.69. The van der Waals surface area contributed by atoms with Crippen LogP contribution in [0.25, 0.3) is 11.3 Å². The second-order valence-corrected chi connectivity index (χ2v) is 5.88. The van der Waals surface area contributed by atoms with Crippen molar-refractivity contribution in [2.75, 3.05) is 5.43 Å². The standard InChI is InChI=1S/C18H8F7N3O3/c19-13-12(18(23,24)25)14(20)16(22)17(15(13)21)27-26-7-10-4-5-11(31-10)8-2-1-3-9(6-8)28(29)30/h1-7,27H/b26-7-. The van der Waals surface area contributed by atoms with Crippen LogP contribution in [0.2, 0.25) is 0 Å². The number of non-ortho nitro benzene ring substituents is 1. The normalized spacial score (nSPS) is 11.8. The molecule has 0 amide bonds. The number of halogens is 7. The number of nitrogens with one attached hydrogen (secondary N) is 1. The molecule has 6 nitrogen and oxygen atoms in total. The minimum atomic E-state index is -5.66. The third-order valence-corrected chi connectivity index (χ3v) is 3.88. The van der Waals surface area contributed by atoms with Gasteiger partial charge in [-0.05, 0) is 12.1 Å². The van der Waals surface area contributed by atoms with E-state index in [2.05, 4.69) is 5.10 Å². The van der Waals surface area contributed by atoms with E-state index in [4.69, 9.17) is 4.42 Å². The van der Waals surface area contributed by atoms with Gasteiger partial charge in [-0.25, -0.2) is 17.6 Å². The summed E-state index contributed by atoms with van der Waals surface area (Å²) in [6, 6.07) is 8.08. The van der Waals surface area contributed by atoms with Crippen molar-refractivity contribution in [2.45, 2.75) is 6.18 Å². The monoisotopic (exact) mass is 447 g/mol. The van der Waals surface area contributed by atoms with E-state index in [1.807, 2.05) is 0 Å². The molecule has 0 aliphatic carbocycles. The number of rotatable bonds is 5. The predicted octanol–water partition coefficient (Wildman–Crippen LogP) is 5.88. The number of hydrazone groups is 1. The maximum absolute atomic E-state index is 13.8. The summed E-state index contributed by atoms with van der Waals surface area (Å²) < 4.78 is 97.8. The van der Waals surface area contributed by atoms with Crippen LogP contribution in [0.4, 0.5) is 42.1 Å². The zero-order valence-electron chi connectivity index (χ0n) is 14.8. The summed E-state index contributed by atoms with van der Waals surface area (Å²) in [5.41, 5.74) is -2.58. The first kappa shape index (κ1) is 21.8. The lowest BCUT2D eigenvalue weighted by atomic mass is 10.1. The van der Waals surface area contributed by atoms with E-state index in [1.165, 1.54) is 36.4 Å². The molecule has 0 aliphatic rings. The van der Waals surface area contributed by atoms with Crippen molar-refractivity contribution < 1.29 is 40.1 Å². The lowest BCUT2D eigenvalue weighted by Crippen LogP contribution is -2.16. The molecule has 0 spiro atoms. The van der Waals surface area contributed by atoms with Gasteiger partial charge in [0.2, 0.25) is 0 Å². The maximum atomic E-state index is 13.8. The molecule has 0 fully saturated rings. The molecule has 0 radical (unpaired) electrons. The highest BCUT2D eigenvalue weighted by Gasteiger charge is 2.42. The van der Waals surface area contributed by atoms with Gasteiger partial charge in [0.15, 0.2) is 23.3 Å². The largest absolute Gasteiger partial charge is 0.455 e. The van der Waals surface area contributed by atoms with Gasteiger partial charge in [0, 0.05) is 17.7 Å². The van der Waals surface area contributed by atoms with Gasteiger partial charge < -0.3 is 4.42 Å². The van der Waals surface area contributed by atoms with Gasteiger partial charge in [-0.1, -0.05) is 12.1 Å². The van der Waals surface area contributed by atoms with Crippen LogP contribution in [0, 0.1) is 33.4 Å². The molecule has 2 aromatic carbocycles. The molecule has 0 unspecified atom stereocenters. The smallest absolute Gasteiger partial charge is 0.422 e. The fourth-order valence-electron chi connectivity index (χ4n) is 2.49. The molecule has 1 N–H and O–H groups in total. The SMILES string of the molecule is O=[N+]([O-])c1cccc(-c2ccc(/C=N\Nc3c(F)c(F)c(C(F)(F)F)c(F)c3F)o2)c1. The summed E-state index contributed by atoms with van der Waals surface area (Å²) in [4.78, 5) is 10.2. The predicted molar refractivity (Wildman–Crippen MR) is 93.3 cm³/mol. The van der Waals surface area contributed by atoms with E-state index < -0.39 is 45.6 Å². The Balaban J connectivity index is 1.84. The molecule has 31 heavy (non-hydrogen) atoms. The first-order valence-electron chi connectivity index (χ1n) is 8.07. The zero-order valence-corrected chi connectivity index (χ0v) is 14.8. The lowest BCUT2D eigenvalue weighted by molar-refractivity contribution is -0.384. The number of alkyl halides is 3. The Bertz CT molecular complexity index is 1160. The fourth-order valence-corrected chi connectivity index (χ4v) is 2.49. The number of furan rings is 1. The Labute approximate surface area is 167 Å². The van der Waals surface area contributed by atoms with Crippen molar-refractivity contribution >= 4 is 17.6 Å². The van der Waals surface area contributed by atoms with Gasteiger partial charge in [-0.2, -0.15) is 18.3 Å². The number of hydrogen-bond acceptors (Lipinski definition) is 5. The maximum Gasteiger partial charge on any atom is 0.422 e. The van der Waals surface area contributed by atoms with Crippen molar-refractivity contribution in [2.24, 2.45) is 5.10 Å². The third kappa shape index (κ3) is 4.34. The van der Waals surface area contributed by atoms with Crippen LogP contribution >= 0.6 is 0 Å². The van der Waals surface area contributed by atoms with E-state index in [-0.39, 0.29) is 17.2 Å². The average molecular weight is 447 g/mol. The Morgan fingerprint density at radius 1 is 1.00 bits per heavy atom. The Morgan fingerprint density at radius 3 is 2.23 bits per heavy atom. The Hall–Kier alpha value is -3.90. The van der Waals surface area contributed by atoms with Crippen molar-refractivity contribution in [1.29, 1.82) is 0 Å². The summed E-state index contributed by atoms with van der Waals surface area (Å²) in [6.07, 6.45) is -4.85. The molecule has 3 rings (SSSR count). The molecule has 13 heteroatoms. The number of hydrogen-bond donors (Lipinski definition) is 1. The lowest BCUT2D eigenvalue weighted by Gasteiger charge is -2.13. The minimum absolute atomic E-state index is 0.0531. The first-order chi connectivity index (χ1) is 14.5. The summed E-state index contributed by atoms with van der Waals surface area (Å²) in [6.45, 7) is 0. The van der Waals surface area contributed by atoms with Crippen LogP contribution in [0.15, 0.2) is 45.9 Å². The van der Waals surface area contributed by atoms with Crippen LogP contribution in [0.3, 0.4) is 0 Å². The van der Waals surface area contributed by atoms with Crippen LogP contribution in [0.1, 0.15) is 11.3 Å². The van der Waals surface area contributed by atoms with Gasteiger partial charge >= 0.3 is 6.18 Å². The van der Waals surface area contributed by atoms with Gasteiger partial charge in [0.1, 0.15) is 22.8 Å². The molecular formula is C18H8F7N3O3. The summed E-state index contributed by atoms with van der Waals surface area (Å²) in [5.74, 6) is -9.79. The molecule has 0 saturated carbocycles. The highest BCUT2D eigenvalue weighted by molar-refractivity contribution is 5.78. The van der Waals surface area contributed by atoms with Crippen molar-refractivity contribution in [1.82, 2.24) is 0 Å². The third-order valence-electron chi connectivity index (χ3n) is 3.88. The first-order valence-corrected chi connectivity index (χ1v) is 8.07. The summed E-state index contributed by atoms with van der Waals surface area (Å²) in [5, 5.41) is 14.1. The molecule has 162 valence electrons. The van der Waals surface area contributed by atoms with Crippen LogP contribution in [-0.2, 0) is 6.18 Å². The molecule has 1 heterocycles. The van der Waals surface area contributed by atoms with E-state index in [0.29, 0.717) is 5.56 Å². The van der Waals surface area contributed by atoms with Crippen LogP contribution < -0.4 is 5.43 Å². The van der Waals surface area contributed by atoms with E-state index in [9.17, 15) is 40.8 Å². The Morgan fingerprint density at radius 2 is 1.65 bits per heavy atom. The van der Waals surface area contributed by atoms with Crippen molar-refractivity contribution in [3.63, 3.8) is 0 Å². The van der Waals surface area contributed by atoms with E-state index >= 15 is 0 Å². The van der Waals surface area contributed by atoms with Gasteiger partial charge in [-0.15, -0.1) is 0 Å². The summed E-state index contributed by atoms with van der Waals surface area (Å²) in [7, 11) is 0. The molecule has 1 aromatic heterocycles. The second kappa shape index (κ2) is 8.08. The van der Waals surface area contributed by atoms with Crippen LogP contribution in [0.5, 0.6) is 0 Å². The molecule has 3 aromatic rings. The van der Waals surface area contributed by atoms with E-state index in [1.54, 1.807) is 5.43 Å². The number of nitro benzene ring substituents is 1. The van der Waals surface area contributed by atoms with Crippen molar-refractivity contribution in [3.05, 3.63) is 81.1 Å². The zero-order chi connectivity index (χ0) is 22.9. The number of benzene rings is 2. The molecule has 0 saturated heterocycles. The number of nitrogens with zero attached hydrogens (tertiary/aromatic N) is 2. The number of anilines is 1. The minimum Gasteiger partial charge on any atom is -0.455 e. The highest BCUT2D eigenvalue weighted by Crippen LogP contribution is 2.38. The van der Waals surface area contributed by atoms with Crippen molar-refractivity contribution in [3.8, 4) is 11.3 Å². The van der Waals surface area contributed by atoms with Gasteiger partial charge in [0.25, 0.3) is 5.69 Å². The van der Waals surface area contributed by atoms with Gasteiger partial charge in [-0.3, -0.25) is 15.5 Å².